The Kier molecular flexibility index (Phi) is 8.01. The summed E-state index contributed by atoms with van der Waals surface area (Å²) >= 11 is 0. The molecule has 0 fully saturated rings. The topological polar surface area (TPSA) is 12.0 Å². The van der Waals surface area contributed by atoms with Gasteiger partial charge < -0.3 is 5.32 Å². The summed E-state index contributed by atoms with van der Waals surface area (Å²) in [6.45, 7) is 8.69. The fourth-order valence-electron chi connectivity index (χ4n) is 0.746. The van der Waals surface area contributed by atoms with Crippen LogP contribution in [0.1, 0.15) is 20.3 Å². The van der Waals surface area contributed by atoms with E-state index in [0.717, 1.165) is 12.2 Å². The first-order valence-corrected chi connectivity index (χ1v) is 4.74. The van der Waals surface area contributed by atoms with Gasteiger partial charge in [-0.05, 0) is 12.1 Å². The number of benzene rings is 1. The van der Waals surface area contributed by atoms with Crippen molar-refractivity contribution in [1.29, 1.82) is 0 Å². The minimum Gasteiger partial charge on any atom is -0.382 e. The first-order valence-electron chi connectivity index (χ1n) is 4.74. The van der Waals surface area contributed by atoms with E-state index in [-0.39, 0.29) is 0 Å². The van der Waals surface area contributed by atoms with E-state index in [1.54, 1.807) is 0 Å². The van der Waals surface area contributed by atoms with E-state index >= 15 is 0 Å². The summed E-state index contributed by atoms with van der Waals surface area (Å²) in [5, 5.41) is 3.18. The average Bonchev–Trinajstić information content (AvgIpc) is 2.18. The molecular weight excluding hydrogens is 158 g/mol. The van der Waals surface area contributed by atoms with E-state index in [4.69, 9.17) is 0 Å². The van der Waals surface area contributed by atoms with Crippen LogP contribution in [0.4, 0.5) is 5.69 Å². The van der Waals surface area contributed by atoms with Crippen molar-refractivity contribution < 1.29 is 0 Å². The van der Waals surface area contributed by atoms with Crippen molar-refractivity contribution in [3.8, 4) is 0 Å². The Labute approximate surface area is 81.5 Å². The van der Waals surface area contributed by atoms with Crippen LogP contribution in [0, 0.1) is 0 Å². The van der Waals surface area contributed by atoms with Crippen LogP contribution in [0.15, 0.2) is 43.0 Å². The second-order valence-electron chi connectivity index (χ2n) is 2.74. The summed E-state index contributed by atoms with van der Waals surface area (Å²) in [6.07, 6.45) is 3.09. The number of para-hydroxylation sites is 1. The van der Waals surface area contributed by atoms with Crippen molar-refractivity contribution in [2.45, 2.75) is 20.3 Å². The van der Waals surface area contributed by atoms with E-state index in [1.165, 1.54) is 6.42 Å². The molecule has 0 bridgehead atoms. The lowest BCUT2D eigenvalue weighted by Crippen LogP contribution is -1.96. The van der Waals surface area contributed by atoms with E-state index < -0.39 is 0 Å². The van der Waals surface area contributed by atoms with Crippen molar-refractivity contribution in [2.24, 2.45) is 0 Å². The van der Waals surface area contributed by atoms with Crippen molar-refractivity contribution in [3.05, 3.63) is 43.0 Å². The van der Waals surface area contributed by atoms with Gasteiger partial charge in [-0.3, -0.25) is 0 Å². The molecule has 0 saturated carbocycles. The standard InChI is InChI=1S/C9H11N.C3H8/c1-2-8-10-9-6-4-3-5-7-9;1-3-2/h2-7,10H,1,8H2;3H2,1-2H3. The van der Waals surface area contributed by atoms with E-state index in [9.17, 15) is 0 Å². The second-order valence-corrected chi connectivity index (χ2v) is 2.74. The maximum absolute atomic E-state index is 3.61. The lowest BCUT2D eigenvalue weighted by molar-refractivity contribution is 1.09. The monoisotopic (exact) mass is 177 g/mol. The minimum atomic E-state index is 0.823. The van der Waals surface area contributed by atoms with Gasteiger partial charge in [-0.15, -0.1) is 6.58 Å². The summed E-state index contributed by atoms with van der Waals surface area (Å²) in [7, 11) is 0. The molecule has 0 atom stereocenters. The number of anilines is 1. The Morgan fingerprint density at radius 1 is 1.23 bits per heavy atom. The first-order chi connectivity index (χ1) is 6.35. The zero-order chi connectivity index (χ0) is 9.94. The summed E-state index contributed by atoms with van der Waals surface area (Å²) in [5.74, 6) is 0. The van der Waals surface area contributed by atoms with Gasteiger partial charge in [0, 0.05) is 12.2 Å². The molecule has 0 radical (unpaired) electrons. The Morgan fingerprint density at radius 3 is 2.23 bits per heavy atom. The van der Waals surface area contributed by atoms with Crippen LogP contribution in [0.3, 0.4) is 0 Å². The maximum atomic E-state index is 3.61. The molecule has 0 aliphatic heterocycles. The highest BCUT2D eigenvalue weighted by molar-refractivity contribution is 5.42. The van der Waals surface area contributed by atoms with Crippen molar-refractivity contribution in [1.82, 2.24) is 0 Å². The lowest BCUT2D eigenvalue weighted by atomic mass is 10.3. The first kappa shape index (κ1) is 11.8. The number of nitrogens with one attached hydrogen (secondary N) is 1. The van der Waals surface area contributed by atoms with Crippen LogP contribution in [0.25, 0.3) is 0 Å². The third kappa shape index (κ3) is 7.13. The van der Waals surface area contributed by atoms with Gasteiger partial charge in [0.15, 0.2) is 0 Å². The van der Waals surface area contributed by atoms with E-state index in [1.807, 2.05) is 36.4 Å². The van der Waals surface area contributed by atoms with Crippen LogP contribution < -0.4 is 5.32 Å². The van der Waals surface area contributed by atoms with Crippen LogP contribution in [0.2, 0.25) is 0 Å². The van der Waals surface area contributed by atoms with Crippen LogP contribution in [-0.4, -0.2) is 6.54 Å². The Balaban J connectivity index is 0.000000424. The zero-order valence-corrected chi connectivity index (χ0v) is 8.59. The van der Waals surface area contributed by atoms with Gasteiger partial charge >= 0.3 is 0 Å². The van der Waals surface area contributed by atoms with Crippen molar-refractivity contribution in [2.75, 3.05) is 11.9 Å². The lowest BCUT2D eigenvalue weighted by Gasteiger charge is -2.00. The molecule has 0 spiro atoms. The maximum Gasteiger partial charge on any atom is 0.0342 e. The predicted molar refractivity (Wildman–Crippen MR) is 61.1 cm³/mol. The van der Waals surface area contributed by atoms with Gasteiger partial charge in [0.05, 0.1) is 0 Å². The SMILES string of the molecule is C=CCNc1ccccc1.CCC. The van der Waals surface area contributed by atoms with Crippen molar-refractivity contribution in [3.63, 3.8) is 0 Å². The number of hydrogen-bond donors (Lipinski definition) is 1. The molecule has 1 aromatic rings. The molecule has 1 nitrogen and oxygen atoms in total. The molecule has 72 valence electrons. The van der Waals surface area contributed by atoms with Crippen LogP contribution in [0.5, 0.6) is 0 Å². The zero-order valence-electron chi connectivity index (χ0n) is 8.59. The molecule has 0 amide bonds. The minimum absolute atomic E-state index is 0.823. The molecule has 0 saturated heterocycles. The summed E-state index contributed by atoms with van der Waals surface area (Å²) in [5.41, 5.74) is 1.14. The number of hydrogen-bond acceptors (Lipinski definition) is 1. The summed E-state index contributed by atoms with van der Waals surface area (Å²) in [6, 6.07) is 10.1. The highest BCUT2D eigenvalue weighted by Crippen LogP contribution is 2.03. The molecule has 0 aromatic heterocycles. The summed E-state index contributed by atoms with van der Waals surface area (Å²) in [4.78, 5) is 0. The molecule has 1 heteroatoms. The fraction of sp³-hybridized carbons (Fsp3) is 0.333. The van der Waals surface area contributed by atoms with Gasteiger partial charge in [0.2, 0.25) is 0 Å². The fourth-order valence-corrected chi connectivity index (χ4v) is 0.746. The number of rotatable bonds is 3. The van der Waals surface area contributed by atoms with E-state index in [0.29, 0.717) is 0 Å². The Hall–Kier alpha value is -1.24. The van der Waals surface area contributed by atoms with Gasteiger partial charge in [-0.2, -0.15) is 0 Å². The molecule has 13 heavy (non-hydrogen) atoms. The molecule has 0 heterocycles. The third-order valence-electron chi connectivity index (χ3n) is 1.22. The average molecular weight is 177 g/mol. The predicted octanol–water partition coefficient (Wildman–Crippen LogP) is 3.70. The van der Waals surface area contributed by atoms with E-state index in [2.05, 4.69) is 25.7 Å². The van der Waals surface area contributed by atoms with Gasteiger partial charge in [-0.25, -0.2) is 0 Å². The normalized spacial score (nSPS) is 8.15. The smallest absolute Gasteiger partial charge is 0.0342 e. The highest BCUT2D eigenvalue weighted by atomic mass is 14.8. The van der Waals surface area contributed by atoms with Crippen LogP contribution >= 0.6 is 0 Å². The summed E-state index contributed by atoms with van der Waals surface area (Å²) < 4.78 is 0. The largest absolute Gasteiger partial charge is 0.382 e. The second kappa shape index (κ2) is 8.85. The highest BCUT2D eigenvalue weighted by Gasteiger charge is 1.82. The van der Waals surface area contributed by atoms with Crippen LogP contribution in [-0.2, 0) is 0 Å². The Morgan fingerprint density at radius 2 is 1.77 bits per heavy atom. The Bertz CT molecular complexity index is 204. The van der Waals surface area contributed by atoms with Crippen molar-refractivity contribution >= 4 is 5.69 Å². The van der Waals surface area contributed by atoms with Gasteiger partial charge in [-0.1, -0.05) is 44.5 Å². The third-order valence-corrected chi connectivity index (χ3v) is 1.22. The molecule has 1 rings (SSSR count). The quantitative estimate of drug-likeness (QED) is 0.694. The molecular formula is C12H19N. The molecule has 1 aromatic carbocycles. The van der Waals surface area contributed by atoms with Gasteiger partial charge in [0.25, 0.3) is 0 Å². The molecule has 1 N–H and O–H groups in total. The molecule has 0 aliphatic carbocycles. The van der Waals surface area contributed by atoms with Gasteiger partial charge in [0.1, 0.15) is 0 Å². The molecule has 0 aliphatic rings. The molecule has 0 unspecified atom stereocenters.